The number of hydrogen-bond donors (Lipinski definition) is 0. The van der Waals surface area contributed by atoms with E-state index >= 15 is 0 Å². The van der Waals surface area contributed by atoms with Gasteiger partial charge in [-0.1, -0.05) is 41.4 Å². The van der Waals surface area contributed by atoms with E-state index in [0.717, 1.165) is 22.4 Å². The molecular weight excluding hydrogens is 414 g/mol. The van der Waals surface area contributed by atoms with Gasteiger partial charge in [0, 0.05) is 30.0 Å². The maximum Gasteiger partial charge on any atom is 0.285 e. The molecule has 1 atom stereocenters. The monoisotopic (exact) mass is 431 g/mol. The number of fused-ring (bicyclic) bond motifs is 1. The minimum absolute atomic E-state index is 0.0144. The lowest BCUT2D eigenvalue weighted by atomic mass is 9.95. The quantitative estimate of drug-likeness (QED) is 0.431. The number of hydrogen-bond acceptors (Lipinski definition) is 7. The first-order valence-electron chi connectivity index (χ1n) is 9.82. The number of aromatic nitrogens is 4. The lowest BCUT2D eigenvalue weighted by molar-refractivity contribution is 0.0931. The summed E-state index contributed by atoms with van der Waals surface area (Å²) in [4.78, 5) is 23.5. The standard InChI is InChI=1S/C23H18ClN5O2/c1-14-2-7-20-17(10-14)18(12-29(20)11-15-3-5-16(24)6-4-15)21(30)23-28-27-22(31-23)19-8-9-25-13-26-19/h2-10,13,18H,11-12H2,1H3. The van der Waals surface area contributed by atoms with Crippen molar-refractivity contribution in [1.29, 1.82) is 0 Å². The molecule has 0 saturated carbocycles. The predicted molar refractivity (Wildman–Crippen MR) is 116 cm³/mol. The number of Topliss-reactive ketones (excluding diaryl/α,β-unsaturated/α-hetero) is 1. The van der Waals surface area contributed by atoms with E-state index < -0.39 is 0 Å². The summed E-state index contributed by atoms with van der Waals surface area (Å²) in [5, 5.41) is 8.68. The highest BCUT2D eigenvalue weighted by molar-refractivity contribution is 6.30. The smallest absolute Gasteiger partial charge is 0.285 e. The van der Waals surface area contributed by atoms with Crippen LogP contribution in [0.25, 0.3) is 11.6 Å². The van der Waals surface area contributed by atoms with Crippen LogP contribution < -0.4 is 4.90 Å². The summed E-state index contributed by atoms with van der Waals surface area (Å²) in [7, 11) is 0. The highest BCUT2D eigenvalue weighted by Gasteiger charge is 2.36. The third-order valence-corrected chi connectivity index (χ3v) is 5.59. The SMILES string of the molecule is Cc1ccc2c(c1)C(C(=O)c1nnc(-c3ccncn3)o1)CN2Cc1ccc(Cl)cc1. The fourth-order valence-electron chi connectivity index (χ4n) is 3.83. The molecule has 2 aromatic heterocycles. The molecule has 8 heteroatoms. The Kier molecular flexibility index (Phi) is 4.95. The Morgan fingerprint density at radius 2 is 2.00 bits per heavy atom. The van der Waals surface area contributed by atoms with Crippen LogP contribution in [0.5, 0.6) is 0 Å². The molecule has 0 bridgehead atoms. The minimum atomic E-state index is -0.388. The summed E-state index contributed by atoms with van der Waals surface area (Å²) in [5.74, 6) is -0.398. The molecule has 1 unspecified atom stereocenters. The maximum absolute atomic E-state index is 13.3. The number of halogens is 1. The second kappa shape index (κ2) is 7.92. The van der Waals surface area contributed by atoms with Gasteiger partial charge >= 0.3 is 0 Å². The number of aryl methyl sites for hydroxylation is 1. The number of nitrogens with zero attached hydrogens (tertiary/aromatic N) is 5. The molecule has 2 aromatic carbocycles. The van der Waals surface area contributed by atoms with Gasteiger partial charge in [-0.25, -0.2) is 9.97 Å². The molecule has 1 aliphatic rings. The summed E-state index contributed by atoms with van der Waals surface area (Å²) in [6.07, 6.45) is 2.98. The maximum atomic E-state index is 13.3. The molecule has 0 aliphatic carbocycles. The van der Waals surface area contributed by atoms with Crippen molar-refractivity contribution in [3.63, 3.8) is 0 Å². The lowest BCUT2D eigenvalue weighted by Crippen LogP contribution is -2.24. The number of rotatable bonds is 5. The van der Waals surface area contributed by atoms with E-state index in [-0.39, 0.29) is 23.5 Å². The third-order valence-electron chi connectivity index (χ3n) is 5.34. The Balaban J connectivity index is 1.44. The van der Waals surface area contributed by atoms with Crippen molar-refractivity contribution < 1.29 is 9.21 Å². The van der Waals surface area contributed by atoms with Crippen molar-refractivity contribution in [2.75, 3.05) is 11.4 Å². The van der Waals surface area contributed by atoms with Crippen molar-refractivity contribution in [3.05, 3.63) is 88.7 Å². The van der Waals surface area contributed by atoms with Gasteiger partial charge in [0.2, 0.25) is 5.78 Å². The van der Waals surface area contributed by atoms with Gasteiger partial charge in [-0.2, -0.15) is 0 Å². The summed E-state index contributed by atoms with van der Waals surface area (Å²) >= 11 is 6.02. The van der Waals surface area contributed by atoms with E-state index in [1.807, 2.05) is 31.2 Å². The van der Waals surface area contributed by atoms with Crippen LogP contribution >= 0.6 is 11.6 Å². The molecule has 1 aliphatic heterocycles. The van der Waals surface area contributed by atoms with Crippen LogP contribution in [-0.2, 0) is 6.54 Å². The molecule has 0 saturated heterocycles. The zero-order valence-electron chi connectivity index (χ0n) is 16.7. The molecule has 0 fully saturated rings. The minimum Gasteiger partial charge on any atom is -0.412 e. The highest BCUT2D eigenvalue weighted by Crippen LogP contribution is 2.39. The molecule has 7 nitrogen and oxygen atoms in total. The molecule has 0 amide bonds. The van der Waals surface area contributed by atoms with E-state index in [1.54, 1.807) is 12.3 Å². The number of benzene rings is 2. The topological polar surface area (TPSA) is 85.0 Å². The van der Waals surface area contributed by atoms with Crippen LogP contribution in [0, 0.1) is 6.92 Å². The van der Waals surface area contributed by atoms with Crippen molar-refractivity contribution in [3.8, 4) is 11.6 Å². The number of anilines is 1. The van der Waals surface area contributed by atoms with E-state index in [9.17, 15) is 4.79 Å². The van der Waals surface area contributed by atoms with Gasteiger partial charge in [0.1, 0.15) is 12.0 Å². The van der Waals surface area contributed by atoms with E-state index in [0.29, 0.717) is 23.8 Å². The summed E-state index contributed by atoms with van der Waals surface area (Å²) in [6, 6.07) is 15.6. The van der Waals surface area contributed by atoms with Gasteiger partial charge in [0.15, 0.2) is 0 Å². The van der Waals surface area contributed by atoms with E-state index in [4.69, 9.17) is 16.0 Å². The molecule has 5 rings (SSSR count). The van der Waals surface area contributed by atoms with Crippen LogP contribution in [0.15, 0.2) is 65.5 Å². The molecule has 0 N–H and O–H groups in total. The summed E-state index contributed by atoms with van der Waals surface area (Å²) < 4.78 is 5.66. The van der Waals surface area contributed by atoms with Crippen LogP contribution in [0.3, 0.4) is 0 Å². The van der Waals surface area contributed by atoms with Gasteiger partial charge in [-0.05, 0) is 42.3 Å². The largest absolute Gasteiger partial charge is 0.412 e. The normalized spacial score (nSPS) is 15.2. The fourth-order valence-corrected chi connectivity index (χ4v) is 3.96. The Morgan fingerprint density at radius 1 is 1.16 bits per heavy atom. The molecular formula is C23H18ClN5O2. The van der Waals surface area contributed by atoms with Gasteiger partial charge in [0.25, 0.3) is 11.8 Å². The average Bonchev–Trinajstić information content (AvgIpc) is 3.41. The van der Waals surface area contributed by atoms with Crippen LogP contribution in [0.2, 0.25) is 5.02 Å². The van der Waals surface area contributed by atoms with Gasteiger partial charge < -0.3 is 9.32 Å². The van der Waals surface area contributed by atoms with Crippen molar-refractivity contribution >= 4 is 23.1 Å². The Bertz CT molecular complexity index is 1240. The molecule has 0 spiro atoms. The van der Waals surface area contributed by atoms with Crippen molar-refractivity contribution in [2.24, 2.45) is 0 Å². The average molecular weight is 432 g/mol. The highest BCUT2D eigenvalue weighted by atomic mass is 35.5. The number of carbonyl (C=O) groups excluding carboxylic acids is 1. The first-order chi connectivity index (χ1) is 15.1. The molecule has 0 radical (unpaired) electrons. The summed E-state index contributed by atoms with van der Waals surface area (Å²) in [5.41, 5.74) is 4.70. The van der Waals surface area contributed by atoms with Crippen LogP contribution in [0.1, 0.15) is 33.3 Å². The Labute approximate surface area is 183 Å². The van der Waals surface area contributed by atoms with Crippen molar-refractivity contribution in [2.45, 2.75) is 19.4 Å². The van der Waals surface area contributed by atoms with Gasteiger partial charge in [-0.15, -0.1) is 10.2 Å². The third kappa shape index (κ3) is 3.80. The van der Waals surface area contributed by atoms with E-state index in [2.05, 4.69) is 43.3 Å². The van der Waals surface area contributed by atoms with Crippen LogP contribution in [0.4, 0.5) is 5.69 Å². The second-order valence-corrected chi connectivity index (χ2v) is 7.93. The van der Waals surface area contributed by atoms with Gasteiger partial charge in [0.05, 0.1) is 5.92 Å². The number of carbonyl (C=O) groups is 1. The fraction of sp³-hybridized carbons (Fsp3) is 0.174. The predicted octanol–water partition coefficient (Wildman–Crippen LogP) is 4.48. The molecule has 154 valence electrons. The number of ketones is 1. The zero-order chi connectivity index (χ0) is 21.4. The first-order valence-corrected chi connectivity index (χ1v) is 10.2. The second-order valence-electron chi connectivity index (χ2n) is 7.49. The molecule has 3 heterocycles. The molecule has 4 aromatic rings. The van der Waals surface area contributed by atoms with Gasteiger partial charge in [-0.3, -0.25) is 4.79 Å². The van der Waals surface area contributed by atoms with Crippen molar-refractivity contribution in [1.82, 2.24) is 20.2 Å². The summed E-state index contributed by atoms with van der Waals surface area (Å²) in [6.45, 7) is 3.22. The molecule has 31 heavy (non-hydrogen) atoms. The Morgan fingerprint density at radius 3 is 2.77 bits per heavy atom. The Hall–Kier alpha value is -3.58. The lowest BCUT2D eigenvalue weighted by Gasteiger charge is -2.20. The first kappa shape index (κ1) is 19.4. The zero-order valence-corrected chi connectivity index (χ0v) is 17.5. The van der Waals surface area contributed by atoms with E-state index in [1.165, 1.54) is 6.33 Å². The van der Waals surface area contributed by atoms with Crippen LogP contribution in [-0.4, -0.2) is 32.5 Å².